The van der Waals surface area contributed by atoms with Crippen LogP contribution in [-0.2, 0) is 0 Å². The van der Waals surface area contributed by atoms with Gasteiger partial charge in [0.05, 0.1) is 27.1 Å². The molecule has 94 valence electrons. The molecule has 0 aliphatic heterocycles. The standard InChI is InChI=1S/C12H10BrClFN3/c1-6-9(16)5-17-12(11(6)13)18-10-3-2-7(15)4-8(10)14/h2-5H,16H2,1H3,(H,17,18). The Morgan fingerprint density at radius 3 is 2.83 bits per heavy atom. The average molecular weight is 331 g/mol. The third-order valence-corrected chi connectivity index (χ3v) is 3.77. The molecule has 1 aromatic heterocycles. The summed E-state index contributed by atoms with van der Waals surface area (Å²) in [7, 11) is 0. The van der Waals surface area contributed by atoms with Crippen LogP contribution in [0.1, 0.15) is 5.56 Å². The molecule has 0 unspecified atom stereocenters. The summed E-state index contributed by atoms with van der Waals surface area (Å²) in [5, 5.41) is 3.31. The van der Waals surface area contributed by atoms with Gasteiger partial charge in [0.25, 0.3) is 0 Å². The quantitative estimate of drug-likeness (QED) is 0.864. The second kappa shape index (κ2) is 5.12. The van der Waals surface area contributed by atoms with Gasteiger partial charge in [0.2, 0.25) is 0 Å². The fraction of sp³-hybridized carbons (Fsp3) is 0.0833. The SMILES string of the molecule is Cc1c(N)cnc(Nc2ccc(F)cc2Cl)c1Br. The van der Waals surface area contributed by atoms with E-state index in [0.717, 1.165) is 10.0 Å². The topological polar surface area (TPSA) is 50.9 Å². The molecule has 0 spiro atoms. The fourth-order valence-corrected chi connectivity index (χ4v) is 2.04. The molecule has 18 heavy (non-hydrogen) atoms. The molecule has 3 N–H and O–H groups in total. The highest BCUT2D eigenvalue weighted by molar-refractivity contribution is 9.10. The summed E-state index contributed by atoms with van der Waals surface area (Å²) in [6.45, 7) is 1.87. The maximum atomic E-state index is 12.9. The highest BCUT2D eigenvalue weighted by atomic mass is 79.9. The Morgan fingerprint density at radius 1 is 1.44 bits per heavy atom. The lowest BCUT2D eigenvalue weighted by Gasteiger charge is -2.12. The molecule has 0 atom stereocenters. The van der Waals surface area contributed by atoms with Crippen LogP contribution in [0.2, 0.25) is 5.02 Å². The van der Waals surface area contributed by atoms with E-state index in [0.29, 0.717) is 17.2 Å². The summed E-state index contributed by atoms with van der Waals surface area (Å²) in [4.78, 5) is 4.16. The summed E-state index contributed by atoms with van der Waals surface area (Å²) in [6.07, 6.45) is 1.56. The van der Waals surface area contributed by atoms with Gasteiger partial charge in [0.1, 0.15) is 11.6 Å². The van der Waals surface area contributed by atoms with E-state index in [1.54, 1.807) is 12.3 Å². The maximum absolute atomic E-state index is 12.9. The van der Waals surface area contributed by atoms with Crippen LogP contribution in [0.3, 0.4) is 0 Å². The molecule has 0 aliphatic carbocycles. The Hall–Kier alpha value is -1.33. The average Bonchev–Trinajstić information content (AvgIpc) is 2.33. The minimum atomic E-state index is -0.383. The van der Waals surface area contributed by atoms with Crippen molar-refractivity contribution < 1.29 is 4.39 Å². The van der Waals surface area contributed by atoms with Crippen molar-refractivity contribution in [1.82, 2.24) is 4.98 Å². The smallest absolute Gasteiger partial charge is 0.145 e. The molecule has 1 aromatic carbocycles. The van der Waals surface area contributed by atoms with E-state index in [1.807, 2.05) is 6.92 Å². The number of nitrogens with zero attached hydrogens (tertiary/aromatic N) is 1. The first-order chi connectivity index (χ1) is 8.49. The van der Waals surface area contributed by atoms with Crippen LogP contribution in [-0.4, -0.2) is 4.98 Å². The number of hydrogen-bond donors (Lipinski definition) is 2. The van der Waals surface area contributed by atoms with E-state index in [1.165, 1.54) is 12.1 Å². The van der Waals surface area contributed by atoms with Crippen LogP contribution < -0.4 is 11.1 Å². The molecule has 0 saturated carbocycles. The van der Waals surface area contributed by atoms with Crippen molar-refractivity contribution in [3.8, 4) is 0 Å². The lowest BCUT2D eigenvalue weighted by Crippen LogP contribution is -2.00. The highest BCUT2D eigenvalue weighted by Gasteiger charge is 2.09. The molecule has 0 aliphatic rings. The van der Waals surface area contributed by atoms with E-state index >= 15 is 0 Å². The van der Waals surface area contributed by atoms with Gasteiger partial charge < -0.3 is 11.1 Å². The number of aromatic nitrogens is 1. The summed E-state index contributed by atoms with van der Waals surface area (Å²) in [5.41, 5.74) is 7.79. The van der Waals surface area contributed by atoms with Gasteiger partial charge in [-0.3, -0.25) is 0 Å². The fourth-order valence-electron chi connectivity index (χ4n) is 1.40. The van der Waals surface area contributed by atoms with Crippen molar-refractivity contribution in [2.45, 2.75) is 6.92 Å². The molecule has 0 amide bonds. The Labute approximate surface area is 117 Å². The molecule has 0 saturated heterocycles. The van der Waals surface area contributed by atoms with Crippen molar-refractivity contribution in [2.24, 2.45) is 0 Å². The van der Waals surface area contributed by atoms with Crippen LogP contribution in [0.5, 0.6) is 0 Å². The number of pyridine rings is 1. The Kier molecular flexibility index (Phi) is 3.73. The molecule has 0 bridgehead atoms. The molecule has 6 heteroatoms. The first kappa shape index (κ1) is 13.1. The first-order valence-electron chi connectivity index (χ1n) is 5.11. The van der Waals surface area contributed by atoms with Gasteiger partial charge in [-0.2, -0.15) is 0 Å². The van der Waals surface area contributed by atoms with Gasteiger partial charge in [-0.25, -0.2) is 9.37 Å². The number of halogens is 3. The van der Waals surface area contributed by atoms with Crippen LogP contribution >= 0.6 is 27.5 Å². The van der Waals surface area contributed by atoms with E-state index in [-0.39, 0.29) is 10.8 Å². The molecule has 3 nitrogen and oxygen atoms in total. The van der Waals surface area contributed by atoms with Crippen molar-refractivity contribution in [1.29, 1.82) is 0 Å². The van der Waals surface area contributed by atoms with E-state index < -0.39 is 0 Å². The summed E-state index contributed by atoms with van der Waals surface area (Å²) in [5.74, 6) is 0.196. The molecular formula is C12H10BrClFN3. The van der Waals surface area contributed by atoms with E-state index in [9.17, 15) is 4.39 Å². The van der Waals surface area contributed by atoms with Crippen molar-refractivity contribution in [2.75, 3.05) is 11.1 Å². The van der Waals surface area contributed by atoms with Crippen molar-refractivity contribution in [3.05, 3.63) is 45.3 Å². The van der Waals surface area contributed by atoms with Crippen LogP contribution in [0.4, 0.5) is 21.6 Å². The number of anilines is 3. The largest absolute Gasteiger partial charge is 0.397 e. The Bertz CT molecular complexity index is 604. The third-order valence-electron chi connectivity index (χ3n) is 2.49. The number of nitrogens with one attached hydrogen (secondary N) is 1. The van der Waals surface area contributed by atoms with E-state index in [2.05, 4.69) is 26.2 Å². The van der Waals surface area contributed by atoms with Crippen molar-refractivity contribution in [3.63, 3.8) is 0 Å². The number of rotatable bonds is 2. The Morgan fingerprint density at radius 2 is 2.17 bits per heavy atom. The minimum absolute atomic E-state index is 0.290. The van der Waals surface area contributed by atoms with Crippen LogP contribution in [0, 0.1) is 12.7 Å². The maximum Gasteiger partial charge on any atom is 0.145 e. The summed E-state index contributed by atoms with van der Waals surface area (Å²) < 4.78 is 13.7. The number of nitrogen functional groups attached to an aromatic ring is 1. The minimum Gasteiger partial charge on any atom is -0.397 e. The van der Waals surface area contributed by atoms with Gasteiger partial charge >= 0.3 is 0 Å². The molecule has 2 rings (SSSR count). The lowest BCUT2D eigenvalue weighted by atomic mass is 10.2. The van der Waals surface area contributed by atoms with Gasteiger partial charge in [-0.05, 0) is 46.6 Å². The van der Waals surface area contributed by atoms with Crippen LogP contribution in [0.15, 0.2) is 28.9 Å². The molecule has 2 aromatic rings. The molecular weight excluding hydrogens is 321 g/mol. The Balaban J connectivity index is 2.37. The lowest BCUT2D eigenvalue weighted by molar-refractivity contribution is 0.628. The predicted octanol–water partition coefficient (Wildman–Crippen LogP) is 4.27. The van der Waals surface area contributed by atoms with Gasteiger partial charge in [-0.15, -0.1) is 0 Å². The predicted molar refractivity (Wildman–Crippen MR) is 75.8 cm³/mol. The number of hydrogen-bond acceptors (Lipinski definition) is 3. The monoisotopic (exact) mass is 329 g/mol. The second-order valence-corrected chi connectivity index (χ2v) is 4.95. The van der Waals surface area contributed by atoms with Gasteiger partial charge in [-0.1, -0.05) is 11.6 Å². The highest BCUT2D eigenvalue weighted by Crippen LogP contribution is 2.32. The van der Waals surface area contributed by atoms with Crippen molar-refractivity contribution >= 4 is 44.7 Å². The first-order valence-corrected chi connectivity index (χ1v) is 6.29. The molecule has 1 heterocycles. The number of nitrogens with two attached hydrogens (primary N) is 1. The zero-order valence-corrected chi connectivity index (χ0v) is 11.8. The summed E-state index contributed by atoms with van der Waals surface area (Å²) >= 11 is 9.34. The zero-order valence-electron chi connectivity index (χ0n) is 9.47. The number of benzene rings is 1. The van der Waals surface area contributed by atoms with Gasteiger partial charge in [0, 0.05) is 0 Å². The zero-order chi connectivity index (χ0) is 13.3. The van der Waals surface area contributed by atoms with Crippen LogP contribution in [0.25, 0.3) is 0 Å². The normalized spacial score (nSPS) is 10.4. The van der Waals surface area contributed by atoms with Gasteiger partial charge in [0.15, 0.2) is 0 Å². The molecule has 0 radical (unpaired) electrons. The second-order valence-electron chi connectivity index (χ2n) is 3.75. The molecule has 0 fully saturated rings. The summed E-state index contributed by atoms with van der Waals surface area (Å²) in [6, 6.07) is 4.12. The third kappa shape index (κ3) is 2.57. The van der Waals surface area contributed by atoms with E-state index in [4.69, 9.17) is 17.3 Å².